The van der Waals surface area contributed by atoms with Crippen molar-refractivity contribution in [2.24, 2.45) is 0 Å². The van der Waals surface area contributed by atoms with Gasteiger partial charge in [0.1, 0.15) is 0 Å². The molecule has 1 rings (SSSR count). The Morgan fingerprint density at radius 3 is 2.56 bits per heavy atom. The molecule has 100 valence electrons. The van der Waals surface area contributed by atoms with Gasteiger partial charge in [-0.1, -0.05) is 15.9 Å². The number of rotatable bonds is 4. The Bertz CT molecular complexity index is 450. The lowest BCUT2D eigenvalue weighted by molar-refractivity contribution is -0.195. The van der Waals surface area contributed by atoms with Crippen LogP contribution in [0.2, 0.25) is 0 Å². The van der Waals surface area contributed by atoms with Gasteiger partial charge in [-0.3, -0.25) is 0 Å². The third-order valence-electron chi connectivity index (χ3n) is 1.95. The normalized spacial score (nSPS) is 13.4. The lowest BCUT2D eigenvalue weighted by Gasteiger charge is -2.14. The Morgan fingerprint density at radius 1 is 1.44 bits per heavy atom. The summed E-state index contributed by atoms with van der Waals surface area (Å²) in [5.74, 6) is -1.88. The lowest BCUT2D eigenvalue weighted by atomic mass is 10.2. The van der Waals surface area contributed by atoms with Crippen molar-refractivity contribution in [2.45, 2.75) is 17.2 Å². The van der Waals surface area contributed by atoms with E-state index in [2.05, 4.69) is 15.9 Å². The van der Waals surface area contributed by atoms with Gasteiger partial charge in [0.05, 0.1) is 5.56 Å². The summed E-state index contributed by atoms with van der Waals surface area (Å²) in [6.45, 7) is 0. The molecule has 0 amide bonds. The van der Waals surface area contributed by atoms with E-state index in [9.17, 15) is 18.0 Å². The van der Waals surface area contributed by atoms with Crippen LogP contribution in [0.25, 0.3) is 0 Å². The number of aliphatic hydroxyl groups excluding tert-OH is 1. The molecule has 0 fully saturated rings. The Labute approximate surface area is 113 Å². The summed E-state index contributed by atoms with van der Waals surface area (Å²) < 4.78 is 36.9. The van der Waals surface area contributed by atoms with Gasteiger partial charge < -0.3 is 10.2 Å². The summed E-state index contributed by atoms with van der Waals surface area (Å²) in [6.07, 6.45) is -7.19. The van der Waals surface area contributed by atoms with E-state index in [4.69, 9.17) is 10.2 Å². The van der Waals surface area contributed by atoms with Crippen molar-refractivity contribution in [3.8, 4) is 0 Å². The number of halogens is 4. The molecule has 1 atom stereocenters. The van der Waals surface area contributed by atoms with Crippen LogP contribution in [0.4, 0.5) is 13.2 Å². The molecule has 0 aromatic heterocycles. The Hall–Kier alpha value is -0.730. The third-order valence-corrected chi connectivity index (χ3v) is 3.57. The number of alkyl halides is 3. The highest BCUT2D eigenvalue weighted by Gasteiger charge is 2.38. The fourth-order valence-electron chi connectivity index (χ4n) is 1.06. The maximum atomic E-state index is 12.1. The van der Waals surface area contributed by atoms with E-state index in [0.717, 1.165) is 0 Å². The van der Waals surface area contributed by atoms with E-state index in [1.54, 1.807) is 0 Å². The number of carbonyl (C=O) groups is 1. The summed E-state index contributed by atoms with van der Waals surface area (Å²) in [6, 6.07) is 4.17. The first-order valence-electron chi connectivity index (χ1n) is 4.62. The smallest absolute Gasteiger partial charge is 0.415 e. The molecule has 0 heterocycles. The fourth-order valence-corrected chi connectivity index (χ4v) is 2.62. The lowest BCUT2D eigenvalue weighted by Crippen LogP contribution is -2.30. The quantitative estimate of drug-likeness (QED) is 0.823. The Balaban J connectivity index is 2.84. The van der Waals surface area contributed by atoms with Crippen LogP contribution < -0.4 is 0 Å². The summed E-state index contributed by atoms with van der Waals surface area (Å²) in [4.78, 5) is 11.0. The molecule has 3 nitrogen and oxygen atoms in total. The van der Waals surface area contributed by atoms with Crippen LogP contribution in [0, 0.1) is 0 Å². The van der Waals surface area contributed by atoms with Gasteiger partial charge in [-0.25, -0.2) is 4.79 Å². The monoisotopic (exact) mass is 344 g/mol. The number of aliphatic hydroxyl groups is 1. The van der Waals surface area contributed by atoms with E-state index < -0.39 is 24.0 Å². The summed E-state index contributed by atoms with van der Waals surface area (Å²) in [5.41, 5.74) is -0.0995. The molecule has 2 N–H and O–H groups in total. The first-order valence-corrected chi connectivity index (χ1v) is 6.40. The van der Waals surface area contributed by atoms with E-state index in [1.807, 2.05) is 0 Å². The van der Waals surface area contributed by atoms with E-state index >= 15 is 0 Å². The summed E-state index contributed by atoms with van der Waals surface area (Å²) >= 11 is 3.74. The van der Waals surface area contributed by atoms with Gasteiger partial charge in [0.2, 0.25) is 0 Å². The highest BCUT2D eigenvalue weighted by atomic mass is 79.9. The minimum absolute atomic E-state index is 0.0995. The van der Waals surface area contributed by atoms with Crippen molar-refractivity contribution in [1.82, 2.24) is 0 Å². The van der Waals surface area contributed by atoms with Crippen molar-refractivity contribution < 1.29 is 28.2 Å². The average Bonchev–Trinajstić information content (AvgIpc) is 2.24. The standard InChI is InChI=1S/C10H8BrF3O3S/c11-5-1-2-6(9(16)17)7(3-5)18-4-8(15)10(12,13)14/h1-3,8,15H,4H2,(H,16,17). The number of carboxylic acid groups (broad SMARTS) is 1. The fraction of sp³-hybridized carbons (Fsp3) is 0.300. The highest BCUT2D eigenvalue weighted by molar-refractivity contribution is 9.10. The maximum absolute atomic E-state index is 12.1. The molecule has 0 aliphatic rings. The van der Waals surface area contributed by atoms with E-state index in [0.29, 0.717) is 16.2 Å². The molecule has 1 unspecified atom stereocenters. The molecule has 0 radical (unpaired) electrons. The number of hydrogen-bond donors (Lipinski definition) is 2. The van der Waals surface area contributed by atoms with Crippen LogP contribution in [0.15, 0.2) is 27.6 Å². The van der Waals surface area contributed by atoms with Gasteiger partial charge in [0.25, 0.3) is 0 Å². The van der Waals surface area contributed by atoms with Gasteiger partial charge >= 0.3 is 12.1 Å². The molecule has 1 aromatic rings. The number of benzene rings is 1. The molecule has 0 spiro atoms. The summed E-state index contributed by atoms with van der Waals surface area (Å²) in [7, 11) is 0. The molecule has 0 bridgehead atoms. The second kappa shape index (κ2) is 5.94. The SMILES string of the molecule is O=C(O)c1ccc(Br)cc1SCC(O)C(F)(F)F. The molecular weight excluding hydrogens is 337 g/mol. The molecule has 18 heavy (non-hydrogen) atoms. The molecule has 0 saturated carbocycles. The van der Waals surface area contributed by atoms with Crippen molar-refractivity contribution in [3.63, 3.8) is 0 Å². The minimum atomic E-state index is -4.71. The zero-order valence-electron chi connectivity index (χ0n) is 8.74. The van der Waals surface area contributed by atoms with Gasteiger partial charge in [-0.05, 0) is 18.2 Å². The van der Waals surface area contributed by atoms with Crippen molar-refractivity contribution >= 4 is 33.7 Å². The number of thioether (sulfide) groups is 1. The Kier molecular flexibility index (Phi) is 5.06. The van der Waals surface area contributed by atoms with Crippen LogP contribution in [0.3, 0.4) is 0 Å². The van der Waals surface area contributed by atoms with Crippen molar-refractivity contribution in [2.75, 3.05) is 5.75 Å². The Morgan fingerprint density at radius 2 is 2.06 bits per heavy atom. The third kappa shape index (κ3) is 4.18. The average molecular weight is 345 g/mol. The molecule has 0 aliphatic carbocycles. The maximum Gasteiger partial charge on any atom is 0.415 e. The molecule has 1 aromatic carbocycles. The van der Waals surface area contributed by atoms with Crippen molar-refractivity contribution in [1.29, 1.82) is 0 Å². The highest BCUT2D eigenvalue weighted by Crippen LogP contribution is 2.30. The van der Waals surface area contributed by atoms with Gasteiger partial charge in [-0.2, -0.15) is 13.2 Å². The predicted octanol–water partition coefficient (Wildman–Crippen LogP) is 3.16. The topological polar surface area (TPSA) is 57.5 Å². The second-order valence-electron chi connectivity index (χ2n) is 3.31. The van der Waals surface area contributed by atoms with Gasteiger partial charge in [-0.15, -0.1) is 11.8 Å². The first kappa shape index (κ1) is 15.3. The van der Waals surface area contributed by atoms with Crippen LogP contribution in [-0.4, -0.2) is 34.2 Å². The van der Waals surface area contributed by atoms with E-state index in [1.165, 1.54) is 18.2 Å². The first-order chi connectivity index (χ1) is 8.21. The van der Waals surface area contributed by atoms with Gasteiger partial charge in [0, 0.05) is 15.1 Å². The molecule has 0 saturated heterocycles. The largest absolute Gasteiger partial charge is 0.478 e. The minimum Gasteiger partial charge on any atom is -0.478 e. The number of hydrogen-bond acceptors (Lipinski definition) is 3. The van der Waals surface area contributed by atoms with Crippen LogP contribution in [0.1, 0.15) is 10.4 Å². The zero-order chi connectivity index (χ0) is 13.9. The predicted molar refractivity (Wildman–Crippen MR) is 63.9 cm³/mol. The van der Waals surface area contributed by atoms with Gasteiger partial charge in [0.15, 0.2) is 6.10 Å². The second-order valence-corrected chi connectivity index (χ2v) is 5.29. The van der Waals surface area contributed by atoms with Crippen molar-refractivity contribution in [3.05, 3.63) is 28.2 Å². The molecular formula is C10H8BrF3O3S. The summed E-state index contributed by atoms with van der Waals surface area (Å²) in [5, 5.41) is 17.7. The number of carboxylic acids is 1. The van der Waals surface area contributed by atoms with Crippen LogP contribution in [0.5, 0.6) is 0 Å². The molecule has 0 aliphatic heterocycles. The van der Waals surface area contributed by atoms with Crippen LogP contribution >= 0.6 is 27.7 Å². The molecule has 8 heteroatoms. The van der Waals surface area contributed by atoms with E-state index in [-0.39, 0.29) is 10.5 Å². The van der Waals surface area contributed by atoms with Crippen LogP contribution in [-0.2, 0) is 0 Å². The zero-order valence-corrected chi connectivity index (χ0v) is 11.1. The number of aromatic carboxylic acids is 1.